The Morgan fingerprint density at radius 3 is 2.57 bits per heavy atom. The molecule has 1 heterocycles. The molecule has 0 spiro atoms. The monoisotopic (exact) mass is 317 g/mol. The lowest BCUT2D eigenvalue weighted by Gasteiger charge is -2.18. The summed E-state index contributed by atoms with van der Waals surface area (Å²) in [6.45, 7) is 2.41. The molecule has 0 radical (unpaired) electrons. The molecule has 0 unspecified atom stereocenters. The minimum absolute atomic E-state index is 0.0843. The van der Waals surface area contributed by atoms with Crippen molar-refractivity contribution < 1.29 is 19.4 Å². The molecule has 2 aromatic rings. The summed E-state index contributed by atoms with van der Waals surface area (Å²) in [5, 5.41) is 15.6. The molecular weight excluding hydrogens is 298 g/mol. The van der Waals surface area contributed by atoms with E-state index in [0.29, 0.717) is 17.9 Å². The number of nitrogens with one attached hydrogen (secondary N) is 1. The number of carboxylic acid groups (broad SMARTS) is 1. The third-order valence-electron chi connectivity index (χ3n) is 3.46. The minimum atomic E-state index is -0.931. The van der Waals surface area contributed by atoms with Crippen molar-refractivity contribution in [2.24, 2.45) is 0 Å². The molecule has 0 saturated carbocycles. The molecule has 0 saturated heterocycles. The summed E-state index contributed by atoms with van der Waals surface area (Å²) in [6, 6.07) is 9.00. The largest absolute Gasteiger partial charge is 0.497 e. The first-order chi connectivity index (χ1) is 11.0. The van der Waals surface area contributed by atoms with Gasteiger partial charge >= 0.3 is 5.97 Å². The average Bonchev–Trinajstić information content (AvgIpc) is 3.05. The lowest BCUT2D eigenvalue weighted by Crippen LogP contribution is -2.33. The Balaban J connectivity index is 2.13. The maximum Gasteiger partial charge on any atom is 0.305 e. The number of ether oxygens (including phenoxy) is 1. The molecule has 0 fully saturated rings. The van der Waals surface area contributed by atoms with E-state index in [0.717, 1.165) is 11.3 Å². The first kappa shape index (κ1) is 16.5. The number of aliphatic carboxylic acids is 1. The highest BCUT2D eigenvalue weighted by molar-refractivity contribution is 5.93. The number of nitrogens with zero attached hydrogens (tertiary/aromatic N) is 2. The molecule has 7 nitrogen and oxygen atoms in total. The van der Waals surface area contributed by atoms with Crippen LogP contribution in [-0.2, 0) is 4.79 Å². The first-order valence-electron chi connectivity index (χ1n) is 7.26. The predicted octanol–water partition coefficient (Wildman–Crippen LogP) is 2.02. The van der Waals surface area contributed by atoms with Gasteiger partial charge in [-0.2, -0.15) is 5.10 Å². The normalized spacial score (nSPS) is 10.3. The standard InChI is InChI=1S/C16H19N3O4/c1-3-19(9-8-15(20)21)16(22)14-10-13(17-18-14)11-4-6-12(23-2)7-5-11/h4-7,10H,3,8-9H2,1-2H3,(H,17,18)(H,20,21). The minimum Gasteiger partial charge on any atom is -0.497 e. The van der Waals surface area contributed by atoms with Crippen LogP contribution >= 0.6 is 0 Å². The van der Waals surface area contributed by atoms with Crippen LogP contribution in [-0.4, -0.2) is 52.3 Å². The quantitative estimate of drug-likeness (QED) is 0.814. The van der Waals surface area contributed by atoms with Crippen LogP contribution < -0.4 is 4.74 Å². The van der Waals surface area contributed by atoms with Crippen molar-refractivity contribution in [3.05, 3.63) is 36.0 Å². The molecule has 0 aliphatic carbocycles. The summed E-state index contributed by atoms with van der Waals surface area (Å²) in [4.78, 5) is 24.5. The summed E-state index contributed by atoms with van der Waals surface area (Å²) in [5.41, 5.74) is 1.84. The Bertz CT molecular complexity index is 679. The zero-order valence-corrected chi connectivity index (χ0v) is 13.1. The lowest BCUT2D eigenvalue weighted by atomic mass is 10.1. The second kappa shape index (κ2) is 7.44. The summed E-state index contributed by atoms with van der Waals surface area (Å²) in [6.07, 6.45) is -0.0843. The zero-order valence-electron chi connectivity index (χ0n) is 13.1. The van der Waals surface area contributed by atoms with Gasteiger partial charge in [-0.1, -0.05) is 0 Å². The third-order valence-corrected chi connectivity index (χ3v) is 3.46. The molecule has 7 heteroatoms. The number of benzene rings is 1. The van der Waals surface area contributed by atoms with Crippen LogP contribution in [0.1, 0.15) is 23.8 Å². The van der Waals surface area contributed by atoms with E-state index in [-0.39, 0.29) is 18.9 Å². The number of rotatable bonds is 7. The number of methoxy groups -OCH3 is 1. The van der Waals surface area contributed by atoms with Crippen molar-refractivity contribution in [2.75, 3.05) is 20.2 Å². The number of hydrogen-bond donors (Lipinski definition) is 2. The third kappa shape index (κ3) is 4.09. The summed E-state index contributed by atoms with van der Waals surface area (Å²) in [7, 11) is 1.59. The van der Waals surface area contributed by atoms with Gasteiger partial charge in [-0.3, -0.25) is 14.7 Å². The van der Waals surface area contributed by atoms with E-state index >= 15 is 0 Å². The van der Waals surface area contributed by atoms with Gasteiger partial charge in [-0.05, 0) is 37.3 Å². The van der Waals surface area contributed by atoms with Crippen molar-refractivity contribution in [1.29, 1.82) is 0 Å². The van der Waals surface area contributed by atoms with Gasteiger partial charge in [0.25, 0.3) is 5.91 Å². The number of carbonyl (C=O) groups is 2. The zero-order chi connectivity index (χ0) is 16.8. The van der Waals surface area contributed by atoms with E-state index in [1.165, 1.54) is 4.90 Å². The lowest BCUT2D eigenvalue weighted by molar-refractivity contribution is -0.137. The number of carbonyl (C=O) groups excluding carboxylic acids is 1. The summed E-state index contributed by atoms with van der Waals surface area (Å²) < 4.78 is 5.10. The fourth-order valence-electron chi connectivity index (χ4n) is 2.15. The molecule has 0 bridgehead atoms. The van der Waals surface area contributed by atoms with Crippen LogP contribution in [0.5, 0.6) is 5.75 Å². The van der Waals surface area contributed by atoms with Gasteiger partial charge in [0.1, 0.15) is 11.4 Å². The number of amides is 1. The van der Waals surface area contributed by atoms with E-state index in [1.807, 2.05) is 24.3 Å². The fourth-order valence-corrected chi connectivity index (χ4v) is 2.15. The molecule has 1 aromatic heterocycles. The molecule has 1 aromatic carbocycles. The molecule has 2 rings (SSSR count). The highest BCUT2D eigenvalue weighted by Crippen LogP contribution is 2.21. The van der Waals surface area contributed by atoms with Crippen molar-refractivity contribution in [1.82, 2.24) is 15.1 Å². The topological polar surface area (TPSA) is 95.5 Å². The smallest absolute Gasteiger partial charge is 0.305 e. The second-order valence-corrected chi connectivity index (χ2v) is 4.92. The van der Waals surface area contributed by atoms with Gasteiger partial charge in [0.2, 0.25) is 0 Å². The van der Waals surface area contributed by atoms with E-state index < -0.39 is 5.97 Å². The number of carboxylic acids is 1. The Hall–Kier alpha value is -2.83. The van der Waals surface area contributed by atoms with Gasteiger partial charge in [-0.15, -0.1) is 0 Å². The number of hydrogen-bond acceptors (Lipinski definition) is 4. The Morgan fingerprint density at radius 2 is 2.00 bits per heavy atom. The van der Waals surface area contributed by atoms with Gasteiger partial charge in [-0.25, -0.2) is 0 Å². The van der Waals surface area contributed by atoms with Gasteiger partial charge in [0.05, 0.1) is 19.2 Å². The van der Waals surface area contributed by atoms with E-state index in [1.54, 1.807) is 20.1 Å². The SMILES string of the molecule is CCN(CCC(=O)O)C(=O)c1cc(-c2ccc(OC)cc2)n[nH]1. The number of aromatic amines is 1. The Kier molecular flexibility index (Phi) is 5.35. The maximum absolute atomic E-state index is 12.4. The molecule has 0 aliphatic rings. The number of aromatic nitrogens is 2. The summed E-state index contributed by atoms with van der Waals surface area (Å²) in [5.74, 6) is -0.452. The van der Waals surface area contributed by atoms with Crippen LogP contribution in [0.3, 0.4) is 0 Å². The maximum atomic E-state index is 12.4. The van der Waals surface area contributed by atoms with E-state index in [2.05, 4.69) is 10.2 Å². The second-order valence-electron chi connectivity index (χ2n) is 4.92. The van der Waals surface area contributed by atoms with E-state index in [9.17, 15) is 9.59 Å². The molecule has 1 amide bonds. The van der Waals surface area contributed by atoms with Crippen LogP contribution in [0.25, 0.3) is 11.3 Å². The van der Waals surface area contributed by atoms with Crippen molar-refractivity contribution in [3.8, 4) is 17.0 Å². The van der Waals surface area contributed by atoms with Gasteiger partial charge in [0, 0.05) is 18.7 Å². The van der Waals surface area contributed by atoms with Crippen LogP contribution in [0.4, 0.5) is 0 Å². The van der Waals surface area contributed by atoms with Crippen LogP contribution in [0.2, 0.25) is 0 Å². The van der Waals surface area contributed by atoms with Crippen molar-refractivity contribution in [3.63, 3.8) is 0 Å². The fraction of sp³-hybridized carbons (Fsp3) is 0.312. The highest BCUT2D eigenvalue weighted by atomic mass is 16.5. The molecule has 2 N–H and O–H groups in total. The van der Waals surface area contributed by atoms with Crippen molar-refractivity contribution >= 4 is 11.9 Å². The van der Waals surface area contributed by atoms with E-state index in [4.69, 9.17) is 9.84 Å². The molecule has 0 aliphatic heterocycles. The van der Waals surface area contributed by atoms with Gasteiger partial charge in [0.15, 0.2) is 0 Å². The predicted molar refractivity (Wildman–Crippen MR) is 84.4 cm³/mol. The molecule has 23 heavy (non-hydrogen) atoms. The summed E-state index contributed by atoms with van der Waals surface area (Å²) >= 11 is 0. The highest BCUT2D eigenvalue weighted by Gasteiger charge is 2.18. The van der Waals surface area contributed by atoms with Gasteiger partial charge < -0.3 is 14.7 Å². The molecule has 122 valence electrons. The molecular formula is C16H19N3O4. The first-order valence-corrected chi connectivity index (χ1v) is 7.26. The number of H-pyrrole nitrogens is 1. The Morgan fingerprint density at radius 1 is 1.30 bits per heavy atom. The average molecular weight is 317 g/mol. The van der Waals surface area contributed by atoms with Crippen LogP contribution in [0, 0.1) is 0 Å². The van der Waals surface area contributed by atoms with Crippen LogP contribution in [0.15, 0.2) is 30.3 Å². The van der Waals surface area contributed by atoms with Crippen molar-refractivity contribution in [2.45, 2.75) is 13.3 Å². The molecule has 0 atom stereocenters. The Labute approximate surface area is 133 Å².